The summed E-state index contributed by atoms with van der Waals surface area (Å²) in [5.41, 5.74) is -1.40. The van der Waals surface area contributed by atoms with E-state index in [1.54, 1.807) is 23.8 Å². The van der Waals surface area contributed by atoms with Crippen LogP contribution in [0.15, 0.2) is 11.5 Å². The van der Waals surface area contributed by atoms with Crippen LogP contribution in [0, 0.1) is 15.5 Å². The Bertz CT molecular complexity index is 391. The third-order valence-corrected chi connectivity index (χ3v) is 3.28. The third-order valence-electron chi connectivity index (χ3n) is 3.28. The molecule has 0 spiro atoms. The summed E-state index contributed by atoms with van der Waals surface area (Å²) in [4.78, 5) is 13.3. The molecule has 1 fully saturated rings. The monoisotopic (exact) mass is 212 g/mol. The molecule has 2 aliphatic rings. The van der Waals surface area contributed by atoms with Gasteiger partial charge in [0.1, 0.15) is 0 Å². The second-order valence-corrected chi connectivity index (χ2v) is 3.90. The first kappa shape index (κ1) is 9.91. The zero-order chi connectivity index (χ0) is 11.4. The molecule has 1 saturated heterocycles. The lowest BCUT2D eigenvalue weighted by Crippen LogP contribution is -2.48. The van der Waals surface area contributed by atoms with Crippen LogP contribution in [0.2, 0.25) is 0 Å². The van der Waals surface area contributed by atoms with Gasteiger partial charge in [-0.1, -0.05) is 0 Å². The number of likely N-dealkylation sites (N-methyl/N-ethyl adjacent to an activating group) is 1. The fourth-order valence-electron chi connectivity index (χ4n) is 2.17. The molecule has 0 bridgehead atoms. The van der Waals surface area contributed by atoms with Gasteiger partial charge in [-0.25, -0.2) is 0 Å². The molecule has 1 atom stereocenters. The predicted octanol–water partition coefficient (Wildman–Crippen LogP) is -0.0128. The molecule has 2 aliphatic heterocycles. The molecule has 7 heteroatoms. The van der Waals surface area contributed by atoms with Crippen molar-refractivity contribution in [2.24, 2.45) is 0 Å². The van der Waals surface area contributed by atoms with Gasteiger partial charge in [0.05, 0.1) is 4.92 Å². The SMILES string of the molecule is CN1CCN2C(=N)C([N+](=O)[O-])=C(O)C12C. The Morgan fingerprint density at radius 2 is 2.20 bits per heavy atom. The number of rotatable bonds is 1. The van der Waals surface area contributed by atoms with Crippen LogP contribution < -0.4 is 0 Å². The smallest absolute Gasteiger partial charge is 0.351 e. The van der Waals surface area contributed by atoms with E-state index in [9.17, 15) is 15.2 Å². The number of hydrogen-bond donors (Lipinski definition) is 2. The number of amidine groups is 1. The summed E-state index contributed by atoms with van der Waals surface area (Å²) in [5.74, 6) is -0.540. The van der Waals surface area contributed by atoms with Crippen molar-refractivity contribution in [2.45, 2.75) is 12.6 Å². The summed E-state index contributed by atoms with van der Waals surface area (Å²) in [7, 11) is 1.77. The van der Waals surface area contributed by atoms with Crippen molar-refractivity contribution in [1.82, 2.24) is 9.80 Å². The normalized spacial score (nSPS) is 31.3. The summed E-state index contributed by atoms with van der Waals surface area (Å²) in [5, 5.41) is 28.2. The molecule has 0 aromatic rings. The Hall–Kier alpha value is -1.63. The van der Waals surface area contributed by atoms with E-state index in [1.165, 1.54) is 0 Å². The van der Waals surface area contributed by atoms with Gasteiger partial charge in [-0.05, 0) is 14.0 Å². The molecule has 0 aromatic carbocycles. The quantitative estimate of drug-likeness (QED) is 0.471. The van der Waals surface area contributed by atoms with Gasteiger partial charge in [-0.2, -0.15) is 0 Å². The highest BCUT2D eigenvalue weighted by Crippen LogP contribution is 2.39. The van der Waals surface area contributed by atoms with Crippen molar-refractivity contribution in [2.75, 3.05) is 20.1 Å². The van der Waals surface area contributed by atoms with E-state index in [4.69, 9.17) is 5.41 Å². The van der Waals surface area contributed by atoms with Gasteiger partial charge < -0.3 is 10.0 Å². The van der Waals surface area contributed by atoms with Crippen LogP contribution in [-0.2, 0) is 0 Å². The maximum Gasteiger partial charge on any atom is 0.351 e. The molecule has 2 N–H and O–H groups in total. The lowest BCUT2D eigenvalue weighted by Gasteiger charge is -2.32. The molecule has 0 aliphatic carbocycles. The van der Waals surface area contributed by atoms with E-state index in [2.05, 4.69) is 0 Å². The highest BCUT2D eigenvalue weighted by molar-refractivity contribution is 5.98. The minimum atomic E-state index is -0.917. The Morgan fingerprint density at radius 1 is 1.60 bits per heavy atom. The number of hydrogen-bond acceptors (Lipinski definition) is 5. The Kier molecular flexibility index (Phi) is 1.78. The zero-order valence-corrected chi connectivity index (χ0v) is 8.52. The van der Waals surface area contributed by atoms with Crippen LogP contribution in [0.4, 0.5) is 0 Å². The van der Waals surface area contributed by atoms with Crippen LogP contribution >= 0.6 is 0 Å². The number of fused-ring (bicyclic) bond motifs is 1. The lowest BCUT2D eigenvalue weighted by molar-refractivity contribution is -0.418. The van der Waals surface area contributed by atoms with Gasteiger partial charge in [0, 0.05) is 13.1 Å². The van der Waals surface area contributed by atoms with E-state index < -0.39 is 16.3 Å². The van der Waals surface area contributed by atoms with E-state index >= 15 is 0 Å². The highest BCUT2D eigenvalue weighted by atomic mass is 16.6. The third kappa shape index (κ3) is 0.953. The average molecular weight is 212 g/mol. The van der Waals surface area contributed by atoms with Gasteiger partial charge >= 0.3 is 5.70 Å². The van der Waals surface area contributed by atoms with E-state index in [0.29, 0.717) is 13.1 Å². The first-order chi connectivity index (χ1) is 6.90. The van der Waals surface area contributed by atoms with Crippen LogP contribution in [0.5, 0.6) is 0 Å². The van der Waals surface area contributed by atoms with E-state index in [1.807, 2.05) is 0 Å². The number of nitrogens with one attached hydrogen (secondary N) is 1. The fraction of sp³-hybridized carbons (Fsp3) is 0.625. The molecule has 0 aromatic heterocycles. The van der Waals surface area contributed by atoms with Crippen molar-refractivity contribution < 1.29 is 10.0 Å². The van der Waals surface area contributed by atoms with Gasteiger partial charge in [0.15, 0.2) is 5.66 Å². The minimum Gasteiger partial charge on any atom is -0.503 e. The van der Waals surface area contributed by atoms with Crippen molar-refractivity contribution in [1.29, 1.82) is 5.41 Å². The summed E-state index contributed by atoms with van der Waals surface area (Å²) in [6.07, 6.45) is 0. The Balaban J connectivity index is 2.56. The Labute approximate surface area is 86.2 Å². The van der Waals surface area contributed by atoms with E-state index in [-0.39, 0.29) is 11.6 Å². The number of aliphatic hydroxyl groups excluding tert-OH is 1. The minimum absolute atomic E-state index is 0.204. The first-order valence-corrected chi connectivity index (χ1v) is 4.56. The number of aliphatic hydroxyl groups is 1. The van der Waals surface area contributed by atoms with Gasteiger partial charge in [0.25, 0.3) is 0 Å². The predicted molar refractivity (Wildman–Crippen MR) is 52.1 cm³/mol. The molecular weight excluding hydrogens is 200 g/mol. The summed E-state index contributed by atoms with van der Waals surface area (Å²) in [6, 6.07) is 0. The molecule has 2 rings (SSSR count). The van der Waals surface area contributed by atoms with Crippen LogP contribution in [-0.4, -0.2) is 51.5 Å². The highest BCUT2D eigenvalue weighted by Gasteiger charge is 2.57. The number of nitrogens with zero attached hydrogens (tertiary/aromatic N) is 3. The van der Waals surface area contributed by atoms with E-state index in [0.717, 1.165) is 0 Å². The lowest BCUT2D eigenvalue weighted by atomic mass is 10.1. The molecular formula is C8H12N4O3. The van der Waals surface area contributed by atoms with Gasteiger partial charge in [-0.15, -0.1) is 0 Å². The standard InChI is InChI=1S/C8H12N4O3/c1-8-6(13)5(12(14)15)7(9)11(8)4-3-10(8)2/h9,13H,3-4H2,1-2H3. The van der Waals surface area contributed by atoms with Crippen molar-refractivity contribution >= 4 is 5.84 Å². The van der Waals surface area contributed by atoms with Gasteiger partial charge in [0.2, 0.25) is 11.6 Å². The summed E-state index contributed by atoms with van der Waals surface area (Å²) < 4.78 is 0. The first-order valence-electron chi connectivity index (χ1n) is 4.56. The summed E-state index contributed by atoms with van der Waals surface area (Å²) in [6.45, 7) is 2.88. The second kappa shape index (κ2) is 2.69. The average Bonchev–Trinajstić information content (AvgIpc) is 2.52. The van der Waals surface area contributed by atoms with Crippen molar-refractivity contribution in [3.05, 3.63) is 21.6 Å². The topological polar surface area (TPSA) is 93.7 Å². The second-order valence-electron chi connectivity index (χ2n) is 3.90. The molecule has 15 heavy (non-hydrogen) atoms. The van der Waals surface area contributed by atoms with Crippen molar-refractivity contribution in [3.8, 4) is 0 Å². The molecule has 7 nitrogen and oxygen atoms in total. The van der Waals surface area contributed by atoms with Crippen LogP contribution in [0.3, 0.4) is 0 Å². The maximum absolute atomic E-state index is 10.7. The molecule has 0 radical (unpaired) electrons. The molecule has 2 heterocycles. The fourth-order valence-corrected chi connectivity index (χ4v) is 2.17. The zero-order valence-electron chi connectivity index (χ0n) is 8.52. The van der Waals surface area contributed by atoms with Crippen molar-refractivity contribution in [3.63, 3.8) is 0 Å². The molecule has 0 saturated carbocycles. The molecule has 1 unspecified atom stereocenters. The van der Waals surface area contributed by atoms with Gasteiger partial charge in [-0.3, -0.25) is 20.4 Å². The largest absolute Gasteiger partial charge is 0.503 e. The summed E-state index contributed by atoms with van der Waals surface area (Å²) >= 11 is 0. The number of nitro groups is 1. The maximum atomic E-state index is 10.7. The van der Waals surface area contributed by atoms with Crippen LogP contribution in [0.1, 0.15) is 6.92 Å². The van der Waals surface area contributed by atoms with Crippen LogP contribution in [0.25, 0.3) is 0 Å². The molecule has 82 valence electrons. The Morgan fingerprint density at radius 3 is 2.67 bits per heavy atom. The molecule has 0 amide bonds.